The zero-order chi connectivity index (χ0) is 17.1. The monoisotopic (exact) mass is 313 g/mol. The maximum absolute atomic E-state index is 12.7. The molecule has 23 heavy (non-hydrogen) atoms. The fourth-order valence-electron chi connectivity index (χ4n) is 2.73. The Balaban J connectivity index is 2.37. The van der Waals surface area contributed by atoms with E-state index in [1.807, 2.05) is 52.0 Å². The summed E-state index contributed by atoms with van der Waals surface area (Å²) in [7, 11) is 0. The molecule has 1 atom stereocenters. The van der Waals surface area contributed by atoms with Crippen LogP contribution < -0.4 is 11.0 Å². The van der Waals surface area contributed by atoms with Crippen LogP contribution in [-0.4, -0.2) is 15.5 Å². The number of hydrogen-bond acceptors (Lipinski definition) is 3. The molecule has 0 fully saturated rings. The molecular formula is C18H23N3O2. The third-order valence-corrected chi connectivity index (χ3v) is 4.14. The van der Waals surface area contributed by atoms with Gasteiger partial charge in [-0.15, -0.1) is 0 Å². The van der Waals surface area contributed by atoms with E-state index in [2.05, 4.69) is 10.3 Å². The van der Waals surface area contributed by atoms with Crippen LogP contribution in [0.3, 0.4) is 0 Å². The Hall–Kier alpha value is -2.43. The number of hydrogen-bond donors (Lipinski definition) is 1. The number of carbonyl (C=O) groups is 1. The second kappa shape index (κ2) is 6.77. The van der Waals surface area contributed by atoms with Crippen molar-refractivity contribution in [2.24, 2.45) is 0 Å². The Kier molecular flexibility index (Phi) is 4.98. The quantitative estimate of drug-likeness (QED) is 0.943. The van der Waals surface area contributed by atoms with Gasteiger partial charge >= 0.3 is 5.69 Å². The van der Waals surface area contributed by atoms with Crippen molar-refractivity contribution in [1.82, 2.24) is 9.55 Å². The Bertz CT molecular complexity index is 793. The van der Waals surface area contributed by atoms with Gasteiger partial charge in [0.25, 0.3) is 0 Å². The molecule has 122 valence electrons. The summed E-state index contributed by atoms with van der Waals surface area (Å²) in [5, 5.41) is 2.94. The standard InChI is InChI=1S/C18H23N3O2/c1-6-16(21-13(4)10-12(3)19-18(21)23)17(22)20-15-9-7-8-11(2)14(15)5/h7-10,16H,6H2,1-5H3,(H,20,22)/t16-/m1/s1. The van der Waals surface area contributed by atoms with Crippen LogP contribution in [0.25, 0.3) is 0 Å². The summed E-state index contributed by atoms with van der Waals surface area (Å²) < 4.78 is 1.47. The summed E-state index contributed by atoms with van der Waals surface area (Å²) in [6, 6.07) is 7.02. The maximum Gasteiger partial charge on any atom is 0.348 e. The topological polar surface area (TPSA) is 64.0 Å². The van der Waals surface area contributed by atoms with E-state index in [0.717, 1.165) is 22.5 Å². The Morgan fingerprint density at radius 1 is 1.26 bits per heavy atom. The van der Waals surface area contributed by atoms with Gasteiger partial charge in [0.1, 0.15) is 6.04 Å². The van der Waals surface area contributed by atoms with Crippen molar-refractivity contribution in [3.05, 3.63) is 57.3 Å². The van der Waals surface area contributed by atoms with Crippen LogP contribution in [0.15, 0.2) is 29.1 Å². The normalized spacial score (nSPS) is 12.0. The predicted molar refractivity (Wildman–Crippen MR) is 91.8 cm³/mol. The third-order valence-electron chi connectivity index (χ3n) is 4.14. The number of anilines is 1. The summed E-state index contributed by atoms with van der Waals surface area (Å²) in [4.78, 5) is 28.9. The molecule has 0 radical (unpaired) electrons. The largest absolute Gasteiger partial charge is 0.348 e. The lowest BCUT2D eigenvalue weighted by molar-refractivity contribution is -0.119. The average Bonchev–Trinajstić information content (AvgIpc) is 2.47. The first-order valence-corrected chi connectivity index (χ1v) is 7.79. The highest BCUT2D eigenvalue weighted by molar-refractivity contribution is 5.94. The van der Waals surface area contributed by atoms with Gasteiger partial charge in [0, 0.05) is 17.1 Å². The SMILES string of the molecule is CC[C@H](C(=O)Nc1cccc(C)c1C)n1c(C)cc(C)nc1=O. The molecule has 2 rings (SSSR count). The fraction of sp³-hybridized carbons (Fsp3) is 0.389. The second-order valence-electron chi connectivity index (χ2n) is 5.85. The van der Waals surface area contributed by atoms with Crippen LogP contribution in [-0.2, 0) is 4.79 Å². The van der Waals surface area contributed by atoms with Gasteiger partial charge in [0.2, 0.25) is 5.91 Å². The molecule has 0 aliphatic rings. The molecule has 5 heteroatoms. The zero-order valence-electron chi connectivity index (χ0n) is 14.3. The minimum absolute atomic E-state index is 0.197. The van der Waals surface area contributed by atoms with Crippen molar-refractivity contribution in [2.45, 2.75) is 47.1 Å². The van der Waals surface area contributed by atoms with E-state index < -0.39 is 6.04 Å². The van der Waals surface area contributed by atoms with Gasteiger partial charge in [-0.25, -0.2) is 4.79 Å². The molecule has 0 aliphatic carbocycles. The van der Waals surface area contributed by atoms with Gasteiger partial charge in [0.15, 0.2) is 0 Å². The van der Waals surface area contributed by atoms with Crippen LogP contribution in [0.2, 0.25) is 0 Å². The lowest BCUT2D eigenvalue weighted by Crippen LogP contribution is -2.36. The molecule has 0 saturated heterocycles. The summed E-state index contributed by atoms with van der Waals surface area (Å²) in [5.74, 6) is -0.197. The third kappa shape index (κ3) is 3.50. The number of nitrogens with one attached hydrogen (secondary N) is 1. The first kappa shape index (κ1) is 16.9. The van der Waals surface area contributed by atoms with Gasteiger partial charge in [-0.2, -0.15) is 4.98 Å². The summed E-state index contributed by atoms with van der Waals surface area (Å²) >= 11 is 0. The number of aryl methyl sites for hydroxylation is 3. The minimum atomic E-state index is -0.574. The van der Waals surface area contributed by atoms with Gasteiger partial charge < -0.3 is 5.32 Å². The summed E-state index contributed by atoms with van der Waals surface area (Å²) in [6.07, 6.45) is 0.516. The van der Waals surface area contributed by atoms with Gasteiger partial charge in [0.05, 0.1) is 0 Å². The molecule has 1 heterocycles. The average molecular weight is 313 g/mol. The molecule has 2 aromatic rings. The van der Waals surface area contributed by atoms with Crippen LogP contribution in [0.1, 0.15) is 41.9 Å². The molecule has 0 spiro atoms. The van der Waals surface area contributed by atoms with E-state index in [1.165, 1.54) is 4.57 Å². The van der Waals surface area contributed by atoms with Crippen molar-refractivity contribution >= 4 is 11.6 Å². The molecular weight excluding hydrogens is 290 g/mol. The lowest BCUT2D eigenvalue weighted by atomic mass is 10.1. The number of carbonyl (C=O) groups excluding carboxylic acids is 1. The van der Waals surface area contributed by atoms with E-state index in [9.17, 15) is 9.59 Å². The highest BCUT2D eigenvalue weighted by Gasteiger charge is 2.22. The van der Waals surface area contributed by atoms with Crippen LogP contribution in [0.5, 0.6) is 0 Å². The highest BCUT2D eigenvalue weighted by atomic mass is 16.2. The van der Waals surface area contributed by atoms with E-state index in [1.54, 1.807) is 6.92 Å². The maximum atomic E-state index is 12.7. The van der Waals surface area contributed by atoms with Gasteiger partial charge in [-0.1, -0.05) is 19.1 Å². The lowest BCUT2D eigenvalue weighted by Gasteiger charge is -2.21. The Labute approximate surface area is 136 Å². The van der Waals surface area contributed by atoms with Crippen LogP contribution >= 0.6 is 0 Å². The molecule has 0 unspecified atom stereocenters. The van der Waals surface area contributed by atoms with Gasteiger partial charge in [-0.3, -0.25) is 9.36 Å². The van der Waals surface area contributed by atoms with Crippen LogP contribution in [0, 0.1) is 27.7 Å². The van der Waals surface area contributed by atoms with E-state index in [4.69, 9.17) is 0 Å². The fourth-order valence-corrected chi connectivity index (χ4v) is 2.73. The molecule has 1 N–H and O–H groups in total. The molecule has 1 amide bonds. The van der Waals surface area contributed by atoms with E-state index in [-0.39, 0.29) is 11.6 Å². The van der Waals surface area contributed by atoms with Crippen molar-refractivity contribution in [1.29, 1.82) is 0 Å². The molecule has 1 aromatic carbocycles. The predicted octanol–water partition coefficient (Wildman–Crippen LogP) is 3.07. The Morgan fingerprint density at radius 3 is 2.57 bits per heavy atom. The number of rotatable bonds is 4. The summed E-state index contributed by atoms with van der Waals surface area (Å²) in [5.41, 5.74) is 3.94. The van der Waals surface area contributed by atoms with Crippen molar-refractivity contribution in [3.8, 4) is 0 Å². The number of benzene rings is 1. The highest BCUT2D eigenvalue weighted by Crippen LogP contribution is 2.21. The summed E-state index contributed by atoms with van der Waals surface area (Å²) in [6.45, 7) is 9.45. The number of aromatic nitrogens is 2. The molecule has 1 aromatic heterocycles. The molecule has 0 aliphatic heterocycles. The van der Waals surface area contributed by atoms with Crippen molar-refractivity contribution in [2.75, 3.05) is 5.32 Å². The molecule has 5 nitrogen and oxygen atoms in total. The van der Waals surface area contributed by atoms with E-state index in [0.29, 0.717) is 12.1 Å². The van der Waals surface area contributed by atoms with Crippen molar-refractivity contribution < 1.29 is 4.79 Å². The molecule has 0 saturated carbocycles. The smallest absolute Gasteiger partial charge is 0.324 e. The first-order chi connectivity index (χ1) is 10.8. The number of nitrogens with zero attached hydrogens (tertiary/aromatic N) is 2. The molecule has 0 bridgehead atoms. The van der Waals surface area contributed by atoms with Gasteiger partial charge in [-0.05, 0) is 57.4 Å². The second-order valence-corrected chi connectivity index (χ2v) is 5.85. The first-order valence-electron chi connectivity index (χ1n) is 7.79. The number of amides is 1. The zero-order valence-corrected chi connectivity index (χ0v) is 14.3. The van der Waals surface area contributed by atoms with Crippen molar-refractivity contribution in [3.63, 3.8) is 0 Å². The Morgan fingerprint density at radius 2 is 1.96 bits per heavy atom. The van der Waals surface area contributed by atoms with E-state index >= 15 is 0 Å². The minimum Gasteiger partial charge on any atom is -0.324 e. The van der Waals surface area contributed by atoms with Crippen LogP contribution in [0.4, 0.5) is 5.69 Å².